The van der Waals surface area contributed by atoms with Crippen molar-refractivity contribution in [3.05, 3.63) is 12.7 Å². The normalized spacial score (nSPS) is 18.4. The highest BCUT2D eigenvalue weighted by Crippen LogP contribution is 2.18. The highest BCUT2D eigenvalue weighted by molar-refractivity contribution is 7.92. The van der Waals surface area contributed by atoms with E-state index in [0.29, 0.717) is 19.0 Å². The Hall–Kier alpha value is -0.840. The fourth-order valence-corrected chi connectivity index (χ4v) is 2.67. The molecular weight excluding hydrogens is 238 g/mol. The minimum absolute atomic E-state index is 0.263. The van der Waals surface area contributed by atoms with Crippen molar-refractivity contribution in [2.75, 3.05) is 18.8 Å². The van der Waals surface area contributed by atoms with E-state index < -0.39 is 15.1 Å². The molecule has 98 valence electrons. The molecule has 0 aliphatic carbocycles. The number of allylic oxidation sites excluding steroid dienone is 1. The second-order valence-electron chi connectivity index (χ2n) is 4.81. The number of likely N-dealkylation sites (tertiary alicyclic amines) is 1. The molecule has 1 heterocycles. The maximum absolute atomic E-state index is 11.8. The van der Waals surface area contributed by atoms with Crippen LogP contribution < -0.4 is 0 Å². The van der Waals surface area contributed by atoms with Gasteiger partial charge in [-0.25, -0.2) is 8.42 Å². The van der Waals surface area contributed by atoms with E-state index in [1.807, 2.05) is 6.08 Å². The van der Waals surface area contributed by atoms with E-state index in [1.165, 1.54) is 0 Å². The third-order valence-electron chi connectivity index (χ3n) is 3.27. The highest BCUT2D eigenvalue weighted by Gasteiger charge is 2.26. The summed E-state index contributed by atoms with van der Waals surface area (Å²) in [6.07, 6.45) is 3.68. The molecule has 0 saturated carbocycles. The van der Waals surface area contributed by atoms with Gasteiger partial charge in [0.2, 0.25) is 5.91 Å². The SMILES string of the molecule is C=CC1CCN(C(=O)CS(=O)(=O)C(C)C)CC1. The summed E-state index contributed by atoms with van der Waals surface area (Å²) in [6.45, 7) is 8.23. The van der Waals surface area contributed by atoms with Crippen molar-refractivity contribution in [1.82, 2.24) is 4.90 Å². The fourth-order valence-electron chi connectivity index (χ4n) is 1.81. The number of amides is 1. The van der Waals surface area contributed by atoms with Gasteiger partial charge in [0, 0.05) is 13.1 Å². The van der Waals surface area contributed by atoms with Gasteiger partial charge in [-0.05, 0) is 32.6 Å². The van der Waals surface area contributed by atoms with Gasteiger partial charge in [-0.2, -0.15) is 0 Å². The van der Waals surface area contributed by atoms with E-state index in [4.69, 9.17) is 0 Å². The van der Waals surface area contributed by atoms with Crippen molar-refractivity contribution in [2.45, 2.75) is 31.9 Å². The first-order valence-electron chi connectivity index (χ1n) is 5.98. The predicted molar refractivity (Wildman–Crippen MR) is 68.4 cm³/mol. The summed E-state index contributed by atoms with van der Waals surface area (Å²) in [5.41, 5.74) is 0. The van der Waals surface area contributed by atoms with E-state index in [9.17, 15) is 13.2 Å². The minimum atomic E-state index is -3.28. The zero-order valence-electron chi connectivity index (χ0n) is 10.6. The minimum Gasteiger partial charge on any atom is -0.342 e. The standard InChI is InChI=1S/C12H21NO3S/c1-4-11-5-7-13(8-6-11)12(14)9-17(15,16)10(2)3/h4,10-11H,1,5-9H2,2-3H3. The van der Waals surface area contributed by atoms with Gasteiger partial charge < -0.3 is 4.90 Å². The Morgan fingerprint density at radius 3 is 2.35 bits per heavy atom. The summed E-state index contributed by atoms with van der Waals surface area (Å²) in [7, 11) is -3.28. The van der Waals surface area contributed by atoms with Gasteiger partial charge in [0.25, 0.3) is 0 Å². The molecule has 1 fully saturated rings. The van der Waals surface area contributed by atoms with Crippen molar-refractivity contribution in [2.24, 2.45) is 5.92 Å². The molecule has 0 N–H and O–H groups in total. The molecule has 0 aromatic heterocycles. The number of nitrogens with zero attached hydrogens (tertiary/aromatic N) is 1. The van der Waals surface area contributed by atoms with Crippen LogP contribution in [-0.2, 0) is 14.6 Å². The van der Waals surface area contributed by atoms with E-state index in [2.05, 4.69) is 6.58 Å². The highest BCUT2D eigenvalue weighted by atomic mass is 32.2. The summed E-state index contributed by atoms with van der Waals surface area (Å²) in [5.74, 6) is -0.161. The Morgan fingerprint density at radius 2 is 1.94 bits per heavy atom. The third-order valence-corrected chi connectivity index (χ3v) is 5.35. The molecule has 0 atom stereocenters. The molecule has 1 rings (SSSR count). The Balaban J connectivity index is 2.53. The van der Waals surface area contributed by atoms with Crippen LogP contribution in [0.4, 0.5) is 0 Å². The Labute approximate surface area is 104 Å². The lowest BCUT2D eigenvalue weighted by Crippen LogP contribution is -2.42. The number of hydrogen-bond acceptors (Lipinski definition) is 3. The number of piperidine rings is 1. The zero-order valence-corrected chi connectivity index (χ0v) is 11.4. The molecule has 17 heavy (non-hydrogen) atoms. The topological polar surface area (TPSA) is 54.5 Å². The number of hydrogen-bond donors (Lipinski definition) is 0. The van der Waals surface area contributed by atoms with E-state index in [0.717, 1.165) is 12.8 Å². The van der Waals surface area contributed by atoms with Gasteiger partial charge in [0.15, 0.2) is 9.84 Å². The quantitative estimate of drug-likeness (QED) is 0.714. The maximum Gasteiger partial charge on any atom is 0.237 e. The van der Waals surface area contributed by atoms with Gasteiger partial charge >= 0.3 is 0 Å². The van der Waals surface area contributed by atoms with Gasteiger partial charge in [0.05, 0.1) is 5.25 Å². The summed E-state index contributed by atoms with van der Waals surface area (Å²) < 4.78 is 23.3. The molecule has 5 heteroatoms. The summed E-state index contributed by atoms with van der Waals surface area (Å²) in [6, 6.07) is 0. The molecule has 0 spiro atoms. The molecule has 1 saturated heterocycles. The predicted octanol–water partition coefficient (Wildman–Crippen LogP) is 1.23. The van der Waals surface area contributed by atoms with Crippen LogP contribution in [-0.4, -0.2) is 43.3 Å². The van der Waals surface area contributed by atoms with Crippen LogP contribution >= 0.6 is 0 Å². The first kappa shape index (κ1) is 14.2. The molecule has 1 aliphatic rings. The molecule has 1 aliphatic heterocycles. The van der Waals surface area contributed by atoms with Crippen LogP contribution in [0.1, 0.15) is 26.7 Å². The van der Waals surface area contributed by atoms with Crippen LogP contribution in [0.2, 0.25) is 0 Å². The second-order valence-corrected chi connectivity index (χ2v) is 7.37. The molecule has 0 aromatic carbocycles. The molecular formula is C12H21NO3S. The fraction of sp³-hybridized carbons (Fsp3) is 0.750. The first-order chi connectivity index (χ1) is 7.86. The van der Waals surface area contributed by atoms with Crippen molar-refractivity contribution in [1.29, 1.82) is 0 Å². The Kier molecular flexibility index (Phi) is 4.74. The van der Waals surface area contributed by atoms with Gasteiger partial charge in [0.1, 0.15) is 5.75 Å². The summed E-state index contributed by atoms with van der Waals surface area (Å²) in [4.78, 5) is 13.5. The second kappa shape index (κ2) is 5.67. The lowest BCUT2D eigenvalue weighted by atomic mass is 9.97. The first-order valence-corrected chi connectivity index (χ1v) is 7.70. The number of rotatable bonds is 4. The van der Waals surface area contributed by atoms with Gasteiger partial charge in [-0.15, -0.1) is 6.58 Å². The number of carbonyl (C=O) groups excluding carboxylic acids is 1. The van der Waals surface area contributed by atoms with Crippen LogP contribution in [0.5, 0.6) is 0 Å². The number of carbonyl (C=O) groups is 1. The van der Waals surface area contributed by atoms with Crippen molar-refractivity contribution >= 4 is 15.7 Å². The average Bonchev–Trinajstić information content (AvgIpc) is 2.28. The number of sulfone groups is 1. The monoisotopic (exact) mass is 259 g/mol. The molecule has 0 radical (unpaired) electrons. The van der Waals surface area contributed by atoms with Gasteiger partial charge in [-0.3, -0.25) is 4.79 Å². The molecule has 1 amide bonds. The van der Waals surface area contributed by atoms with E-state index in [1.54, 1.807) is 18.7 Å². The van der Waals surface area contributed by atoms with Crippen LogP contribution in [0, 0.1) is 5.92 Å². The smallest absolute Gasteiger partial charge is 0.237 e. The largest absolute Gasteiger partial charge is 0.342 e. The Morgan fingerprint density at radius 1 is 1.41 bits per heavy atom. The van der Waals surface area contributed by atoms with Crippen LogP contribution in [0.3, 0.4) is 0 Å². The third kappa shape index (κ3) is 3.84. The van der Waals surface area contributed by atoms with Crippen molar-refractivity contribution in [3.8, 4) is 0 Å². The van der Waals surface area contributed by atoms with E-state index >= 15 is 0 Å². The van der Waals surface area contributed by atoms with Gasteiger partial charge in [-0.1, -0.05) is 6.08 Å². The summed E-state index contributed by atoms with van der Waals surface area (Å²) >= 11 is 0. The van der Waals surface area contributed by atoms with Crippen molar-refractivity contribution < 1.29 is 13.2 Å². The van der Waals surface area contributed by atoms with E-state index in [-0.39, 0.29) is 11.7 Å². The van der Waals surface area contributed by atoms with Crippen LogP contribution in [0.25, 0.3) is 0 Å². The lowest BCUT2D eigenvalue weighted by Gasteiger charge is -2.30. The van der Waals surface area contributed by atoms with Crippen molar-refractivity contribution in [3.63, 3.8) is 0 Å². The average molecular weight is 259 g/mol. The molecule has 0 unspecified atom stereocenters. The Bertz CT molecular complexity index is 379. The lowest BCUT2D eigenvalue weighted by molar-refractivity contribution is -0.129. The van der Waals surface area contributed by atoms with Crippen LogP contribution in [0.15, 0.2) is 12.7 Å². The molecule has 0 bridgehead atoms. The summed E-state index contributed by atoms with van der Waals surface area (Å²) in [5, 5.41) is -0.489. The molecule has 4 nitrogen and oxygen atoms in total. The maximum atomic E-state index is 11.8. The molecule has 0 aromatic rings. The zero-order chi connectivity index (χ0) is 13.1.